The second-order valence-electron chi connectivity index (χ2n) is 4.46. The molecule has 0 unspecified atom stereocenters. The summed E-state index contributed by atoms with van der Waals surface area (Å²) in [4.78, 5) is 4.79. The van der Waals surface area contributed by atoms with Crippen LogP contribution in [0.2, 0.25) is 0 Å². The third-order valence-corrected chi connectivity index (χ3v) is 3.14. The molecule has 0 aliphatic carbocycles. The van der Waals surface area contributed by atoms with Crippen molar-refractivity contribution in [2.45, 2.75) is 20.0 Å². The lowest BCUT2D eigenvalue weighted by Crippen LogP contribution is -2.43. The Morgan fingerprint density at radius 1 is 1.31 bits per heavy atom. The second kappa shape index (κ2) is 4.84. The number of aryl methyl sites for hydroxylation is 1. The zero-order chi connectivity index (χ0) is 11.5. The van der Waals surface area contributed by atoms with E-state index in [0.717, 1.165) is 50.8 Å². The van der Waals surface area contributed by atoms with Gasteiger partial charge in [0.2, 0.25) is 0 Å². The van der Waals surface area contributed by atoms with Gasteiger partial charge in [0.1, 0.15) is 5.82 Å². The Balaban J connectivity index is 1.93. The van der Waals surface area contributed by atoms with Gasteiger partial charge in [0.15, 0.2) is 0 Å². The van der Waals surface area contributed by atoms with Crippen LogP contribution in [0, 0.1) is 0 Å². The number of aromatic nitrogens is 2. The van der Waals surface area contributed by atoms with Crippen molar-refractivity contribution >= 4 is 5.82 Å². The molecule has 5 nitrogen and oxygen atoms in total. The molecule has 2 N–H and O–H groups in total. The first-order valence-electron chi connectivity index (χ1n) is 5.92. The predicted molar refractivity (Wildman–Crippen MR) is 65.1 cm³/mol. The predicted octanol–water partition coefficient (Wildman–Crippen LogP) is 0.233. The van der Waals surface area contributed by atoms with Crippen LogP contribution in [0.15, 0.2) is 6.07 Å². The topological polar surface area (TPSA) is 50.3 Å². The lowest BCUT2D eigenvalue weighted by atomic mass is 10.3. The van der Waals surface area contributed by atoms with E-state index in [-0.39, 0.29) is 0 Å². The van der Waals surface area contributed by atoms with Gasteiger partial charge in [-0.15, -0.1) is 0 Å². The number of hydrogen-bond acceptors (Lipinski definition) is 4. The van der Waals surface area contributed by atoms with Gasteiger partial charge in [-0.3, -0.25) is 9.58 Å². The number of hydrogen-bond donors (Lipinski definition) is 1. The fourth-order valence-corrected chi connectivity index (χ4v) is 2.05. The highest BCUT2D eigenvalue weighted by molar-refractivity contribution is 5.30. The van der Waals surface area contributed by atoms with Crippen molar-refractivity contribution in [2.75, 3.05) is 39.0 Å². The molecule has 16 heavy (non-hydrogen) atoms. The van der Waals surface area contributed by atoms with Gasteiger partial charge in [0.05, 0.1) is 5.69 Å². The number of piperazine rings is 1. The lowest BCUT2D eigenvalue weighted by molar-refractivity contribution is 0.146. The molecule has 0 radical (unpaired) electrons. The highest BCUT2D eigenvalue weighted by Gasteiger charge is 2.15. The summed E-state index contributed by atoms with van der Waals surface area (Å²) in [5, 5.41) is 4.48. The van der Waals surface area contributed by atoms with E-state index in [1.807, 2.05) is 10.7 Å². The fourth-order valence-electron chi connectivity index (χ4n) is 2.05. The maximum Gasteiger partial charge on any atom is 0.121 e. The standard InChI is InChI=1S/C11H21N5/c1-3-16-11(12)8-10(13-16)9-15-6-4-14(2)5-7-15/h8H,3-7,9,12H2,1-2H3. The number of nitrogens with two attached hydrogens (primary N) is 1. The molecule has 1 aliphatic heterocycles. The smallest absolute Gasteiger partial charge is 0.121 e. The zero-order valence-corrected chi connectivity index (χ0v) is 10.2. The van der Waals surface area contributed by atoms with Gasteiger partial charge in [-0.05, 0) is 14.0 Å². The van der Waals surface area contributed by atoms with E-state index >= 15 is 0 Å². The van der Waals surface area contributed by atoms with Gasteiger partial charge < -0.3 is 10.6 Å². The molecule has 2 heterocycles. The monoisotopic (exact) mass is 223 g/mol. The van der Waals surface area contributed by atoms with Crippen LogP contribution in [0.4, 0.5) is 5.82 Å². The normalized spacial score (nSPS) is 19.1. The van der Waals surface area contributed by atoms with E-state index in [9.17, 15) is 0 Å². The molecule has 2 rings (SSSR count). The molecular weight excluding hydrogens is 202 g/mol. The van der Waals surface area contributed by atoms with Crippen LogP contribution in [0.3, 0.4) is 0 Å². The van der Waals surface area contributed by atoms with Crippen molar-refractivity contribution < 1.29 is 0 Å². The number of anilines is 1. The molecule has 0 bridgehead atoms. The first kappa shape index (κ1) is 11.4. The molecule has 90 valence electrons. The SMILES string of the molecule is CCn1nc(CN2CCN(C)CC2)cc1N. The first-order chi connectivity index (χ1) is 7.69. The van der Waals surface area contributed by atoms with Crippen LogP contribution in [0.25, 0.3) is 0 Å². The Morgan fingerprint density at radius 3 is 2.56 bits per heavy atom. The van der Waals surface area contributed by atoms with Crippen molar-refractivity contribution in [1.82, 2.24) is 19.6 Å². The van der Waals surface area contributed by atoms with Gasteiger partial charge in [-0.2, -0.15) is 5.10 Å². The molecule has 0 atom stereocenters. The summed E-state index contributed by atoms with van der Waals surface area (Å²) in [5.41, 5.74) is 6.94. The summed E-state index contributed by atoms with van der Waals surface area (Å²) in [7, 11) is 2.17. The molecule has 5 heteroatoms. The third kappa shape index (κ3) is 2.54. The summed E-state index contributed by atoms with van der Waals surface area (Å²) in [6, 6.07) is 1.99. The van der Waals surface area contributed by atoms with Crippen LogP contribution in [0.5, 0.6) is 0 Å². The summed E-state index contributed by atoms with van der Waals surface area (Å²) < 4.78 is 1.85. The zero-order valence-electron chi connectivity index (χ0n) is 10.2. The third-order valence-electron chi connectivity index (χ3n) is 3.14. The number of rotatable bonds is 3. The lowest BCUT2D eigenvalue weighted by Gasteiger charge is -2.31. The molecule has 1 aromatic heterocycles. The Kier molecular flexibility index (Phi) is 3.46. The minimum atomic E-state index is 0.770. The maximum absolute atomic E-state index is 5.85. The highest BCUT2D eigenvalue weighted by Crippen LogP contribution is 2.10. The number of nitrogen functional groups attached to an aromatic ring is 1. The second-order valence-corrected chi connectivity index (χ2v) is 4.46. The van der Waals surface area contributed by atoms with E-state index in [2.05, 4.69) is 28.9 Å². The quantitative estimate of drug-likeness (QED) is 0.797. The summed E-state index contributed by atoms with van der Waals surface area (Å²) in [6.07, 6.45) is 0. The minimum absolute atomic E-state index is 0.770. The molecule has 1 fully saturated rings. The average molecular weight is 223 g/mol. The average Bonchev–Trinajstić information content (AvgIpc) is 2.62. The van der Waals surface area contributed by atoms with Crippen LogP contribution in [-0.4, -0.2) is 52.8 Å². The Morgan fingerprint density at radius 2 is 2.00 bits per heavy atom. The fraction of sp³-hybridized carbons (Fsp3) is 0.727. The van der Waals surface area contributed by atoms with Crippen LogP contribution in [0.1, 0.15) is 12.6 Å². The van der Waals surface area contributed by atoms with Gasteiger partial charge in [0.25, 0.3) is 0 Å². The van der Waals surface area contributed by atoms with E-state index in [1.54, 1.807) is 0 Å². The van der Waals surface area contributed by atoms with E-state index < -0.39 is 0 Å². The summed E-state index contributed by atoms with van der Waals surface area (Å²) in [5.74, 6) is 0.770. The number of nitrogens with zero attached hydrogens (tertiary/aromatic N) is 4. The van der Waals surface area contributed by atoms with Crippen LogP contribution in [-0.2, 0) is 13.1 Å². The van der Waals surface area contributed by atoms with E-state index in [0.29, 0.717) is 0 Å². The largest absolute Gasteiger partial charge is 0.384 e. The molecule has 0 amide bonds. The summed E-state index contributed by atoms with van der Waals surface area (Å²) in [6.45, 7) is 8.35. The van der Waals surface area contributed by atoms with Crippen molar-refractivity contribution in [3.05, 3.63) is 11.8 Å². The molecule has 0 spiro atoms. The molecule has 0 aromatic carbocycles. The molecule has 1 aromatic rings. The molecule has 1 aliphatic rings. The Hall–Kier alpha value is -1.07. The molecular formula is C11H21N5. The Labute approximate surface area is 96.8 Å². The van der Waals surface area contributed by atoms with E-state index in [4.69, 9.17) is 5.73 Å². The summed E-state index contributed by atoms with van der Waals surface area (Å²) >= 11 is 0. The highest BCUT2D eigenvalue weighted by atomic mass is 15.3. The van der Waals surface area contributed by atoms with Gasteiger partial charge in [-0.1, -0.05) is 0 Å². The van der Waals surface area contributed by atoms with Crippen molar-refractivity contribution in [3.8, 4) is 0 Å². The van der Waals surface area contributed by atoms with Crippen molar-refractivity contribution in [1.29, 1.82) is 0 Å². The van der Waals surface area contributed by atoms with Gasteiger partial charge in [-0.25, -0.2) is 0 Å². The van der Waals surface area contributed by atoms with Crippen LogP contribution >= 0.6 is 0 Å². The molecule has 0 saturated carbocycles. The minimum Gasteiger partial charge on any atom is -0.384 e. The van der Waals surface area contributed by atoms with E-state index in [1.165, 1.54) is 0 Å². The van der Waals surface area contributed by atoms with Gasteiger partial charge in [0, 0.05) is 45.3 Å². The van der Waals surface area contributed by atoms with Gasteiger partial charge >= 0.3 is 0 Å². The molecule has 1 saturated heterocycles. The number of likely N-dealkylation sites (N-methyl/N-ethyl adjacent to an activating group) is 1. The first-order valence-corrected chi connectivity index (χ1v) is 5.92. The van der Waals surface area contributed by atoms with Crippen molar-refractivity contribution in [2.24, 2.45) is 0 Å². The van der Waals surface area contributed by atoms with Crippen molar-refractivity contribution in [3.63, 3.8) is 0 Å². The Bertz CT molecular complexity index is 338. The van der Waals surface area contributed by atoms with Crippen LogP contribution < -0.4 is 5.73 Å². The maximum atomic E-state index is 5.85.